The van der Waals surface area contributed by atoms with Crippen LogP contribution in [-0.2, 0) is 7.05 Å². The Morgan fingerprint density at radius 3 is 2.59 bits per heavy atom. The third-order valence-corrected chi connectivity index (χ3v) is 2.22. The van der Waals surface area contributed by atoms with Crippen LogP contribution in [0.2, 0.25) is 0 Å². The van der Waals surface area contributed by atoms with Crippen molar-refractivity contribution in [1.29, 1.82) is 0 Å². The molecule has 0 aromatic carbocycles. The highest BCUT2D eigenvalue weighted by molar-refractivity contribution is 5.93. The van der Waals surface area contributed by atoms with Gasteiger partial charge >= 0.3 is 5.82 Å². The van der Waals surface area contributed by atoms with E-state index in [-0.39, 0.29) is 17.4 Å². The summed E-state index contributed by atoms with van der Waals surface area (Å²) in [5.74, 6) is -0.499. The van der Waals surface area contributed by atoms with Gasteiger partial charge in [0, 0.05) is 18.2 Å². The highest BCUT2D eigenvalue weighted by Gasteiger charge is 2.21. The topological polar surface area (TPSA) is 103 Å². The number of nitrogens with zero attached hydrogens (tertiary/aromatic N) is 2. The maximum Gasteiger partial charge on any atom is 0.323 e. The Bertz CT molecular complexity index is 445. The number of carbonyl (C=O) groups is 1. The first-order valence-electron chi connectivity index (χ1n) is 5.09. The molecule has 1 aromatic rings. The Hall–Kier alpha value is -1.89. The van der Waals surface area contributed by atoms with Crippen molar-refractivity contribution < 1.29 is 9.72 Å². The van der Waals surface area contributed by atoms with Crippen molar-refractivity contribution in [2.75, 3.05) is 6.54 Å². The Kier molecular flexibility index (Phi) is 3.52. The lowest BCUT2D eigenvalue weighted by atomic mass is 10.1. The molecular formula is C10H16N4O3. The van der Waals surface area contributed by atoms with E-state index >= 15 is 0 Å². The number of nitrogens with one attached hydrogen (secondary N) is 1. The van der Waals surface area contributed by atoms with Gasteiger partial charge in [0.25, 0.3) is 5.91 Å². The fourth-order valence-electron chi connectivity index (χ4n) is 1.31. The average Bonchev–Trinajstić information content (AvgIpc) is 2.55. The van der Waals surface area contributed by atoms with E-state index < -0.39 is 10.5 Å². The average molecular weight is 240 g/mol. The fourth-order valence-corrected chi connectivity index (χ4v) is 1.31. The molecule has 0 aliphatic rings. The van der Waals surface area contributed by atoms with E-state index in [0.29, 0.717) is 6.54 Å². The lowest BCUT2D eigenvalue weighted by Gasteiger charge is -2.18. The van der Waals surface area contributed by atoms with Crippen LogP contribution in [0.1, 0.15) is 24.3 Å². The van der Waals surface area contributed by atoms with Gasteiger partial charge in [0.05, 0.1) is 7.05 Å². The Morgan fingerprint density at radius 1 is 1.59 bits per heavy atom. The van der Waals surface area contributed by atoms with Gasteiger partial charge in [-0.3, -0.25) is 4.79 Å². The molecule has 0 fully saturated rings. The van der Waals surface area contributed by atoms with E-state index in [2.05, 4.69) is 5.32 Å². The first-order valence-corrected chi connectivity index (χ1v) is 5.09. The molecule has 1 aromatic heterocycles. The molecule has 94 valence electrons. The maximum atomic E-state index is 11.7. The van der Waals surface area contributed by atoms with Crippen LogP contribution in [0.25, 0.3) is 0 Å². The summed E-state index contributed by atoms with van der Waals surface area (Å²) >= 11 is 0. The SMILES string of the molecule is Cn1c(C(=O)NCC(C)(C)N)ccc1[N+](=O)[O-]. The summed E-state index contributed by atoms with van der Waals surface area (Å²) < 4.78 is 1.23. The molecule has 0 aliphatic heterocycles. The van der Waals surface area contributed by atoms with Crippen molar-refractivity contribution >= 4 is 11.7 Å². The summed E-state index contributed by atoms with van der Waals surface area (Å²) in [6, 6.07) is 2.71. The van der Waals surface area contributed by atoms with Crippen LogP contribution in [0.3, 0.4) is 0 Å². The number of nitrogens with two attached hydrogens (primary N) is 1. The van der Waals surface area contributed by atoms with Crippen molar-refractivity contribution in [3.63, 3.8) is 0 Å². The second-order valence-corrected chi connectivity index (χ2v) is 4.56. The van der Waals surface area contributed by atoms with E-state index in [1.54, 1.807) is 13.8 Å². The molecule has 0 unspecified atom stereocenters. The zero-order chi connectivity index (χ0) is 13.2. The minimum atomic E-state index is -0.538. The van der Waals surface area contributed by atoms with Crippen molar-refractivity contribution in [3.8, 4) is 0 Å². The van der Waals surface area contributed by atoms with Crippen LogP contribution in [0.15, 0.2) is 12.1 Å². The van der Waals surface area contributed by atoms with Crippen LogP contribution in [0, 0.1) is 10.1 Å². The lowest BCUT2D eigenvalue weighted by Crippen LogP contribution is -2.45. The van der Waals surface area contributed by atoms with Crippen LogP contribution in [0.4, 0.5) is 5.82 Å². The first-order chi connectivity index (χ1) is 7.72. The minimum Gasteiger partial charge on any atom is -0.358 e. The molecule has 1 amide bonds. The fraction of sp³-hybridized carbons (Fsp3) is 0.500. The van der Waals surface area contributed by atoms with Crippen LogP contribution < -0.4 is 11.1 Å². The second kappa shape index (κ2) is 4.54. The predicted octanol–water partition coefficient (Wildman–Crippen LogP) is 0.400. The van der Waals surface area contributed by atoms with Crippen molar-refractivity contribution in [2.24, 2.45) is 12.8 Å². The number of rotatable bonds is 4. The summed E-state index contributed by atoms with van der Waals surface area (Å²) in [4.78, 5) is 21.8. The molecule has 7 heteroatoms. The summed E-state index contributed by atoms with van der Waals surface area (Å²) in [6.45, 7) is 3.85. The molecule has 0 saturated heterocycles. The van der Waals surface area contributed by atoms with E-state index in [4.69, 9.17) is 5.73 Å². The normalized spacial score (nSPS) is 11.3. The van der Waals surface area contributed by atoms with E-state index in [1.165, 1.54) is 23.7 Å². The quantitative estimate of drug-likeness (QED) is 0.587. The maximum absolute atomic E-state index is 11.7. The molecule has 3 N–H and O–H groups in total. The Balaban J connectivity index is 2.80. The van der Waals surface area contributed by atoms with Crippen LogP contribution >= 0.6 is 0 Å². The molecule has 0 atom stereocenters. The summed E-state index contributed by atoms with van der Waals surface area (Å²) in [7, 11) is 1.47. The number of carbonyl (C=O) groups excluding carboxylic acids is 1. The second-order valence-electron chi connectivity index (χ2n) is 4.56. The van der Waals surface area contributed by atoms with E-state index in [0.717, 1.165) is 0 Å². The molecule has 0 spiro atoms. The van der Waals surface area contributed by atoms with Crippen molar-refractivity contribution in [2.45, 2.75) is 19.4 Å². The summed E-state index contributed by atoms with van der Waals surface area (Å²) in [5.41, 5.74) is 5.44. The molecule has 1 heterocycles. The highest BCUT2D eigenvalue weighted by atomic mass is 16.6. The predicted molar refractivity (Wildman–Crippen MR) is 62.7 cm³/mol. The molecular weight excluding hydrogens is 224 g/mol. The third kappa shape index (κ3) is 3.28. The van der Waals surface area contributed by atoms with Gasteiger partial charge in [-0.2, -0.15) is 0 Å². The van der Waals surface area contributed by atoms with Gasteiger partial charge in [0.2, 0.25) is 0 Å². The third-order valence-electron chi connectivity index (χ3n) is 2.22. The van der Waals surface area contributed by atoms with Crippen LogP contribution in [0.5, 0.6) is 0 Å². The van der Waals surface area contributed by atoms with Gasteiger partial charge in [-0.15, -0.1) is 0 Å². The summed E-state index contributed by atoms with van der Waals surface area (Å²) in [6.07, 6.45) is 0. The number of amides is 1. The molecule has 0 aliphatic carbocycles. The van der Waals surface area contributed by atoms with Crippen molar-refractivity contribution in [1.82, 2.24) is 9.88 Å². The van der Waals surface area contributed by atoms with Gasteiger partial charge in [-0.25, -0.2) is 4.57 Å². The van der Waals surface area contributed by atoms with Gasteiger partial charge in [0.1, 0.15) is 0 Å². The number of hydrogen-bond acceptors (Lipinski definition) is 4. The summed E-state index contributed by atoms with van der Waals surface area (Å²) in [5, 5.41) is 13.2. The Labute approximate surface area is 98.7 Å². The zero-order valence-corrected chi connectivity index (χ0v) is 10.1. The van der Waals surface area contributed by atoms with E-state index in [9.17, 15) is 14.9 Å². The number of aromatic nitrogens is 1. The standard InChI is InChI=1S/C10H16N4O3/c1-10(2,11)6-12-9(15)7-4-5-8(13(7)3)14(16)17/h4-5H,6,11H2,1-3H3,(H,12,15). The van der Waals surface area contributed by atoms with Gasteiger partial charge in [-0.1, -0.05) is 0 Å². The molecule has 0 radical (unpaired) electrons. The number of hydrogen-bond donors (Lipinski definition) is 2. The Morgan fingerprint density at radius 2 is 2.18 bits per heavy atom. The molecule has 0 saturated carbocycles. The zero-order valence-electron chi connectivity index (χ0n) is 10.1. The molecule has 17 heavy (non-hydrogen) atoms. The highest BCUT2D eigenvalue weighted by Crippen LogP contribution is 2.14. The van der Waals surface area contributed by atoms with Gasteiger partial charge in [0.15, 0.2) is 5.69 Å². The smallest absolute Gasteiger partial charge is 0.323 e. The molecule has 0 bridgehead atoms. The molecule has 7 nitrogen and oxygen atoms in total. The minimum absolute atomic E-state index is 0.123. The monoisotopic (exact) mass is 240 g/mol. The van der Waals surface area contributed by atoms with Crippen LogP contribution in [-0.4, -0.2) is 27.5 Å². The first kappa shape index (κ1) is 13.2. The number of nitro groups is 1. The lowest BCUT2D eigenvalue weighted by molar-refractivity contribution is -0.391. The van der Waals surface area contributed by atoms with Crippen molar-refractivity contribution in [3.05, 3.63) is 27.9 Å². The van der Waals surface area contributed by atoms with E-state index in [1.807, 2.05) is 0 Å². The molecule has 1 rings (SSSR count). The largest absolute Gasteiger partial charge is 0.358 e. The van der Waals surface area contributed by atoms with Gasteiger partial charge in [-0.05, 0) is 24.8 Å². The van der Waals surface area contributed by atoms with Gasteiger partial charge < -0.3 is 21.2 Å².